The first-order valence-electron chi connectivity index (χ1n) is 8.62. The van der Waals surface area contributed by atoms with Crippen LogP contribution in [0.5, 0.6) is 0 Å². The summed E-state index contributed by atoms with van der Waals surface area (Å²) in [6, 6.07) is 5.04. The zero-order valence-electron chi connectivity index (χ0n) is 13.9. The molecular weight excluding hydrogens is 258 g/mol. The van der Waals surface area contributed by atoms with Gasteiger partial charge in [0.05, 0.1) is 5.69 Å². The van der Waals surface area contributed by atoms with Crippen molar-refractivity contribution < 1.29 is 0 Å². The van der Waals surface area contributed by atoms with Crippen LogP contribution in [0.1, 0.15) is 58.6 Å². The summed E-state index contributed by atoms with van der Waals surface area (Å²) in [5, 5.41) is 3.38. The fourth-order valence-corrected chi connectivity index (χ4v) is 3.17. The normalized spacial score (nSPS) is 16.0. The first-order valence-corrected chi connectivity index (χ1v) is 8.62. The molecule has 0 aromatic carbocycles. The molecule has 0 spiro atoms. The molecule has 0 amide bonds. The van der Waals surface area contributed by atoms with Gasteiger partial charge in [-0.2, -0.15) is 0 Å². The molecule has 0 atom stereocenters. The highest BCUT2D eigenvalue weighted by Gasteiger charge is 2.23. The van der Waals surface area contributed by atoms with Crippen molar-refractivity contribution in [1.29, 1.82) is 0 Å². The largest absolute Gasteiger partial charge is 0.385 e. The highest BCUT2D eigenvalue weighted by molar-refractivity contribution is 5.42. The molecule has 1 N–H and O–H groups in total. The van der Waals surface area contributed by atoms with Crippen LogP contribution >= 0.6 is 0 Å². The van der Waals surface area contributed by atoms with Gasteiger partial charge in [0.25, 0.3) is 0 Å². The second-order valence-electron chi connectivity index (χ2n) is 6.66. The van der Waals surface area contributed by atoms with E-state index in [-0.39, 0.29) is 0 Å². The molecule has 2 rings (SSSR count). The van der Waals surface area contributed by atoms with Crippen molar-refractivity contribution in [2.75, 3.05) is 18.4 Å². The summed E-state index contributed by atoms with van der Waals surface area (Å²) in [6.45, 7) is 9.93. The molecule has 0 saturated heterocycles. The Morgan fingerprint density at radius 1 is 1.33 bits per heavy atom. The average Bonchev–Trinajstić information content (AvgIpc) is 2.98. The molecule has 118 valence electrons. The third kappa shape index (κ3) is 5.31. The van der Waals surface area contributed by atoms with Crippen LogP contribution in [0.25, 0.3) is 0 Å². The van der Waals surface area contributed by atoms with Crippen molar-refractivity contribution in [3.8, 4) is 0 Å². The Hall–Kier alpha value is -1.09. The van der Waals surface area contributed by atoms with Crippen LogP contribution in [0.15, 0.2) is 18.3 Å². The third-order valence-electron chi connectivity index (χ3n) is 4.40. The molecule has 1 heterocycles. The Morgan fingerprint density at radius 3 is 2.76 bits per heavy atom. The summed E-state index contributed by atoms with van der Waals surface area (Å²) in [5.41, 5.74) is 2.39. The SMILES string of the molecule is CCNc1ccnc(CN(CCC(C)C)C2CCCC2)c1. The number of anilines is 1. The van der Waals surface area contributed by atoms with Gasteiger partial charge < -0.3 is 5.32 Å². The van der Waals surface area contributed by atoms with Crippen LogP contribution in [0.4, 0.5) is 5.69 Å². The lowest BCUT2D eigenvalue weighted by atomic mass is 10.1. The van der Waals surface area contributed by atoms with Gasteiger partial charge in [-0.15, -0.1) is 0 Å². The number of hydrogen-bond acceptors (Lipinski definition) is 3. The van der Waals surface area contributed by atoms with Gasteiger partial charge >= 0.3 is 0 Å². The molecule has 0 unspecified atom stereocenters. The molecule has 1 aromatic rings. The quantitative estimate of drug-likeness (QED) is 0.773. The van der Waals surface area contributed by atoms with Crippen LogP contribution in [0.2, 0.25) is 0 Å². The first kappa shape index (κ1) is 16.3. The van der Waals surface area contributed by atoms with E-state index in [0.29, 0.717) is 0 Å². The van der Waals surface area contributed by atoms with Crippen molar-refractivity contribution in [2.45, 2.75) is 65.5 Å². The number of rotatable bonds is 8. The van der Waals surface area contributed by atoms with Crippen LogP contribution < -0.4 is 5.32 Å². The summed E-state index contributed by atoms with van der Waals surface area (Å²) >= 11 is 0. The van der Waals surface area contributed by atoms with E-state index >= 15 is 0 Å². The lowest BCUT2D eigenvalue weighted by Crippen LogP contribution is -2.34. The summed E-state index contributed by atoms with van der Waals surface area (Å²) < 4.78 is 0. The Morgan fingerprint density at radius 2 is 2.10 bits per heavy atom. The molecule has 1 aromatic heterocycles. The van der Waals surface area contributed by atoms with E-state index in [1.807, 2.05) is 6.20 Å². The van der Waals surface area contributed by atoms with E-state index in [4.69, 9.17) is 0 Å². The summed E-state index contributed by atoms with van der Waals surface area (Å²) in [5.74, 6) is 0.773. The minimum absolute atomic E-state index is 0.772. The van der Waals surface area contributed by atoms with E-state index in [9.17, 15) is 0 Å². The predicted octanol–water partition coefficient (Wildman–Crippen LogP) is 4.30. The fraction of sp³-hybridized carbons (Fsp3) is 0.722. The van der Waals surface area contributed by atoms with Crippen LogP contribution in [0.3, 0.4) is 0 Å². The van der Waals surface area contributed by atoms with E-state index < -0.39 is 0 Å². The topological polar surface area (TPSA) is 28.2 Å². The minimum Gasteiger partial charge on any atom is -0.385 e. The first-order chi connectivity index (χ1) is 10.2. The maximum absolute atomic E-state index is 4.58. The molecular formula is C18H31N3. The van der Waals surface area contributed by atoms with Gasteiger partial charge in [-0.3, -0.25) is 9.88 Å². The van der Waals surface area contributed by atoms with Gasteiger partial charge in [-0.05, 0) is 50.8 Å². The second kappa shape index (κ2) is 8.38. The fourth-order valence-electron chi connectivity index (χ4n) is 3.17. The molecule has 0 aliphatic heterocycles. The molecule has 1 saturated carbocycles. The van der Waals surface area contributed by atoms with E-state index in [1.165, 1.54) is 50.0 Å². The van der Waals surface area contributed by atoms with Gasteiger partial charge in [-0.1, -0.05) is 26.7 Å². The number of hydrogen-bond donors (Lipinski definition) is 1. The Labute approximate surface area is 130 Å². The van der Waals surface area contributed by atoms with Gasteiger partial charge in [0.1, 0.15) is 0 Å². The third-order valence-corrected chi connectivity index (χ3v) is 4.40. The number of nitrogens with zero attached hydrogens (tertiary/aromatic N) is 2. The Kier molecular flexibility index (Phi) is 6.50. The minimum atomic E-state index is 0.772. The molecule has 0 radical (unpaired) electrons. The van der Waals surface area contributed by atoms with Crippen molar-refractivity contribution >= 4 is 5.69 Å². The van der Waals surface area contributed by atoms with E-state index in [2.05, 4.69) is 48.1 Å². The highest BCUT2D eigenvalue weighted by Crippen LogP contribution is 2.25. The molecule has 21 heavy (non-hydrogen) atoms. The smallest absolute Gasteiger partial charge is 0.0564 e. The van der Waals surface area contributed by atoms with Gasteiger partial charge in [-0.25, -0.2) is 0 Å². The van der Waals surface area contributed by atoms with Crippen LogP contribution in [0, 0.1) is 5.92 Å². The number of aromatic nitrogens is 1. The number of nitrogens with one attached hydrogen (secondary N) is 1. The average molecular weight is 289 g/mol. The van der Waals surface area contributed by atoms with E-state index in [1.54, 1.807) is 0 Å². The zero-order valence-corrected chi connectivity index (χ0v) is 13.9. The van der Waals surface area contributed by atoms with E-state index in [0.717, 1.165) is 25.0 Å². The highest BCUT2D eigenvalue weighted by atomic mass is 15.2. The zero-order chi connectivity index (χ0) is 15.1. The van der Waals surface area contributed by atoms with Crippen molar-refractivity contribution in [1.82, 2.24) is 9.88 Å². The van der Waals surface area contributed by atoms with Gasteiger partial charge in [0.15, 0.2) is 0 Å². The van der Waals surface area contributed by atoms with Crippen LogP contribution in [-0.2, 0) is 6.54 Å². The van der Waals surface area contributed by atoms with Crippen molar-refractivity contribution in [3.63, 3.8) is 0 Å². The lowest BCUT2D eigenvalue weighted by molar-refractivity contribution is 0.177. The Balaban J connectivity index is 2.00. The predicted molar refractivity (Wildman–Crippen MR) is 90.5 cm³/mol. The second-order valence-corrected chi connectivity index (χ2v) is 6.66. The number of pyridine rings is 1. The lowest BCUT2D eigenvalue weighted by Gasteiger charge is -2.29. The van der Waals surface area contributed by atoms with Gasteiger partial charge in [0, 0.05) is 31.0 Å². The molecule has 1 aliphatic carbocycles. The summed E-state index contributed by atoms with van der Waals surface area (Å²) in [7, 11) is 0. The Bertz CT molecular complexity index is 411. The summed E-state index contributed by atoms with van der Waals surface area (Å²) in [4.78, 5) is 7.25. The molecule has 0 bridgehead atoms. The molecule has 1 fully saturated rings. The molecule has 1 aliphatic rings. The molecule has 3 heteroatoms. The van der Waals surface area contributed by atoms with Crippen LogP contribution in [-0.4, -0.2) is 29.0 Å². The monoisotopic (exact) mass is 289 g/mol. The molecule has 3 nitrogen and oxygen atoms in total. The van der Waals surface area contributed by atoms with Crippen molar-refractivity contribution in [3.05, 3.63) is 24.0 Å². The van der Waals surface area contributed by atoms with Crippen molar-refractivity contribution in [2.24, 2.45) is 5.92 Å². The maximum Gasteiger partial charge on any atom is 0.0564 e. The maximum atomic E-state index is 4.58. The van der Waals surface area contributed by atoms with Gasteiger partial charge in [0.2, 0.25) is 0 Å². The summed E-state index contributed by atoms with van der Waals surface area (Å²) in [6.07, 6.45) is 8.74. The standard InChI is InChI=1S/C18H31N3/c1-4-19-16-9-11-20-17(13-16)14-21(12-10-15(2)3)18-7-5-6-8-18/h9,11,13,15,18H,4-8,10,12,14H2,1-3H3,(H,19,20).